The number of aromatic nitrogens is 2. The molecule has 2 nitrogen and oxygen atoms in total. The Labute approximate surface area is 208 Å². The second-order valence-electron chi connectivity index (χ2n) is 8.41. The maximum atomic E-state index is 5.28. The number of fused-ring (bicyclic) bond motifs is 5. The summed E-state index contributed by atoms with van der Waals surface area (Å²) in [6.45, 7) is 0. The van der Waals surface area contributed by atoms with E-state index < -0.39 is 0 Å². The van der Waals surface area contributed by atoms with E-state index in [2.05, 4.69) is 119 Å². The molecule has 2 heterocycles. The molecular weight excluding hydrogens is 500 g/mol. The Morgan fingerprint density at radius 2 is 1.41 bits per heavy atom. The van der Waals surface area contributed by atoms with Gasteiger partial charge < -0.3 is 0 Å². The van der Waals surface area contributed by atoms with Crippen molar-refractivity contribution in [2.24, 2.45) is 0 Å². The Bertz CT molecular complexity index is 1890. The second kappa shape index (κ2) is 7.73. The molecule has 7 rings (SSSR count). The van der Waals surface area contributed by atoms with Crippen LogP contribution in [0.2, 0.25) is 0 Å². The van der Waals surface area contributed by atoms with Gasteiger partial charge in [-0.05, 0) is 45.8 Å². The zero-order valence-electron chi connectivity index (χ0n) is 18.0. The van der Waals surface area contributed by atoms with Gasteiger partial charge in [-0.1, -0.05) is 94.8 Å². The van der Waals surface area contributed by atoms with Gasteiger partial charge >= 0.3 is 0 Å². The molecule has 0 saturated heterocycles. The monoisotopic (exact) mass is 516 g/mol. The highest BCUT2D eigenvalue weighted by Crippen LogP contribution is 2.40. The van der Waals surface area contributed by atoms with Gasteiger partial charge in [-0.25, -0.2) is 9.97 Å². The molecule has 0 N–H and O–H groups in total. The average Bonchev–Trinajstić information content (AvgIpc) is 3.24. The highest BCUT2D eigenvalue weighted by Gasteiger charge is 2.18. The summed E-state index contributed by atoms with van der Waals surface area (Å²) in [7, 11) is 0. The van der Waals surface area contributed by atoms with Crippen LogP contribution in [0, 0.1) is 0 Å². The fourth-order valence-corrected chi connectivity index (χ4v) is 6.11. The Balaban J connectivity index is 1.59. The lowest BCUT2D eigenvalue weighted by Gasteiger charge is -2.12. The van der Waals surface area contributed by atoms with Crippen LogP contribution in [0.15, 0.2) is 108 Å². The number of halogens is 1. The van der Waals surface area contributed by atoms with Crippen LogP contribution in [-0.2, 0) is 0 Å². The fourth-order valence-electron chi connectivity index (χ4n) is 4.71. The van der Waals surface area contributed by atoms with E-state index in [1.807, 2.05) is 0 Å². The zero-order valence-corrected chi connectivity index (χ0v) is 20.4. The molecule has 5 aromatic carbocycles. The van der Waals surface area contributed by atoms with E-state index in [4.69, 9.17) is 9.97 Å². The van der Waals surface area contributed by atoms with E-state index in [0.717, 1.165) is 42.7 Å². The molecule has 34 heavy (non-hydrogen) atoms. The lowest BCUT2D eigenvalue weighted by Crippen LogP contribution is -1.95. The minimum atomic E-state index is 0.914. The van der Waals surface area contributed by atoms with E-state index in [1.165, 1.54) is 26.2 Å². The minimum Gasteiger partial charge on any atom is -0.242 e. The molecule has 0 saturated carbocycles. The first-order valence-electron chi connectivity index (χ1n) is 11.1. The first-order valence-corrected chi connectivity index (χ1v) is 12.7. The third-order valence-corrected chi connectivity index (χ3v) is 7.88. The summed E-state index contributed by atoms with van der Waals surface area (Å²) in [5.74, 6) is 0. The molecule has 0 atom stereocenters. The predicted molar refractivity (Wildman–Crippen MR) is 149 cm³/mol. The highest BCUT2D eigenvalue weighted by atomic mass is 79.9. The molecule has 160 valence electrons. The molecule has 7 aromatic rings. The summed E-state index contributed by atoms with van der Waals surface area (Å²) < 4.78 is 2.28. The predicted octanol–water partition coefficient (Wildman–Crippen LogP) is 9.25. The maximum absolute atomic E-state index is 5.28. The first kappa shape index (κ1) is 19.8. The molecule has 0 unspecified atom stereocenters. The van der Waals surface area contributed by atoms with Gasteiger partial charge in [0.05, 0.1) is 11.4 Å². The van der Waals surface area contributed by atoms with Gasteiger partial charge in [0.1, 0.15) is 10.3 Å². The molecule has 0 bridgehead atoms. The Hall–Kier alpha value is -3.60. The van der Waals surface area contributed by atoms with Crippen LogP contribution in [0.4, 0.5) is 0 Å². The minimum absolute atomic E-state index is 0.914. The van der Waals surface area contributed by atoms with Crippen molar-refractivity contribution in [2.45, 2.75) is 0 Å². The van der Waals surface area contributed by atoms with Crippen molar-refractivity contribution in [2.75, 3.05) is 0 Å². The van der Waals surface area contributed by atoms with Crippen molar-refractivity contribution in [3.8, 4) is 22.5 Å². The van der Waals surface area contributed by atoms with Gasteiger partial charge in [0.25, 0.3) is 0 Å². The lowest BCUT2D eigenvalue weighted by atomic mass is 9.97. The van der Waals surface area contributed by atoms with E-state index in [-0.39, 0.29) is 0 Å². The summed E-state index contributed by atoms with van der Waals surface area (Å²) in [5, 5.41) is 5.92. The molecule has 0 amide bonds. The van der Waals surface area contributed by atoms with Gasteiger partial charge in [0.15, 0.2) is 0 Å². The molecule has 0 aliphatic rings. The van der Waals surface area contributed by atoms with Gasteiger partial charge in [-0.3, -0.25) is 0 Å². The summed E-state index contributed by atoms with van der Waals surface area (Å²) in [4.78, 5) is 11.5. The SMILES string of the molecule is Brc1ccc2c(-c3nc4sc5ccccc5c4nc3-c3ccc4ccccc4c3)cccc2c1. The van der Waals surface area contributed by atoms with Crippen molar-refractivity contribution in [1.82, 2.24) is 9.97 Å². The smallest absolute Gasteiger partial charge is 0.143 e. The molecule has 0 fully saturated rings. The molecular formula is C30H17BrN2S. The number of thiophene rings is 1. The van der Waals surface area contributed by atoms with Crippen LogP contribution >= 0.6 is 27.3 Å². The number of hydrogen-bond donors (Lipinski definition) is 0. The molecule has 0 aliphatic carbocycles. The molecule has 0 radical (unpaired) electrons. The van der Waals surface area contributed by atoms with Crippen LogP contribution in [0.25, 0.3) is 64.5 Å². The molecule has 0 spiro atoms. The van der Waals surface area contributed by atoms with Crippen molar-refractivity contribution in [3.63, 3.8) is 0 Å². The van der Waals surface area contributed by atoms with Crippen LogP contribution in [0.3, 0.4) is 0 Å². The van der Waals surface area contributed by atoms with Crippen LogP contribution in [0.1, 0.15) is 0 Å². The largest absolute Gasteiger partial charge is 0.242 e. The quantitative estimate of drug-likeness (QED) is 0.228. The van der Waals surface area contributed by atoms with Crippen LogP contribution in [-0.4, -0.2) is 9.97 Å². The second-order valence-corrected chi connectivity index (χ2v) is 10.4. The van der Waals surface area contributed by atoms with Crippen molar-refractivity contribution < 1.29 is 0 Å². The van der Waals surface area contributed by atoms with Crippen molar-refractivity contribution in [3.05, 3.63) is 108 Å². The Morgan fingerprint density at radius 1 is 0.588 bits per heavy atom. The van der Waals surface area contributed by atoms with Gasteiger partial charge in [0, 0.05) is 25.7 Å². The van der Waals surface area contributed by atoms with E-state index >= 15 is 0 Å². The number of rotatable bonds is 2. The van der Waals surface area contributed by atoms with Gasteiger partial charge in [-0.2, -0.15) is 0 Å². The molecule has 0 aliphatic heterocycles. The third-order valence-electron chi connectivity index (χ3n) is 6.33. The van der Waals surface area contributed by atoms with Crippen LogP contribution < -0.4 is 0 Å². The lowest BCUT2D eigenvalue weighted by molar-refractivity contribution is 1.32. The van der Waals surface area contributed by atoms with Gasteiger partial charge in [-0.15, -0.1) is 11.3 Å². The highest BCUT2D eigenvalue weighted by molar-refractivity contribution is 9.10. The summed E-state index contributed by atoms with van der Waals surface area (Å²) >= 11 is 5.32. The maximum Gasteiger partial charge on any atom is 0.143 e. The fraction of sp³-hybridized carbons (Fsp3) is 0. The zero-order chi connectivity index (χ0) is 22.6. The van der Waals surface area contributed by atoms with Crippen LogP contribution in [0.5, 0.6) is 0 Å². The Kier molecular flexibility index (Phi) is 4.51. The third kappa shape index (κ3) is 3.14. The topological polar surface area (TPSA) is 25.8 Å². The number of benzene rings is 5. The summed E-state index contributed by atoms with van der Waals surface area (Å²) in [5.41, 5.74) is 4.97. The normalized spacial score (nSPS) is 11.7. The standard InChI is InChI=1S/C30H17BrN2S/c31-22-14-15-23-20(17-22)8-5-10-24(23)28-27(21-13-12-18-6-1-2-7-19(18)16-21)32-29-25-9-3-4-11-26(25)34-30(29)33-28/h1-17H. The van der Waals surface area contributed by atoms with E-state index in [1.54, 1.807) is 11.3 Å². The average molecular weight is 517 g/mol. The molecule has 2 aromatic heterocycles. The molecule has 4 heteroatoms. The van der Waals surface area contributed by atoms with Crippen molar-refractivity contribution >= 4 is 69.2 Å². The first-order chi connectivity index (χ1) is 16.7. The number of hydrogen-bond acceptors (Lipinski definition) is 3. The van der Waals surface area contributed by atoms with Crippen molar-refractivity contribution in [1.29, 1.82) is 0 Å². The summed E-state index contributed by atoms with van der Waals surface area (Å²) in [6.07, 6.45) is 0. The Morgan fingerprint density at radius 3 is 2.35 bits per heavy atom. The van der Waals surface area contributed by atoms with Gasteiger partial charge in [0.2, 0.25) is 0 Å². The summed E-state index contributed by atoms with van der Waals surface area (Å²) in [6, 6.07) is 36.3. The van der Waals surface area contributed by atoms with E-state index in [0.29, 0.717) is 0 Å². The number of nitrogens with zero attached hydrogens (tertiary/aromatic N) is 2. The van der Waals surface area contributed by atoms with E-state index in [9.17, 15) is 0 Å².